The number of nitrogens with one attached hydrogen (secondary N) is 1. The highest BCUT2D eigenvalue weighted by molar-refractivity contribution is 5.28. The minimum absolute atomic E-state index is 0.235. The predicted molar refractivity (Wildman–Crippen MR) is 72.9 cm³/mol. The van der Waals surface area contributed by atoms with Crippen LogP contribution in [-0.4, -0.2) is 44.7 Å². The maximum absolute atomic E-state index is 5.78. The Labute approximate surface area is 109 Å². The van der Waals surface area contributed by atoms with Gasteiger partial charge in [0.25, 0.3) is 0 Å². The molecular formula is C15H22N2O. The molecule has 0 aromatic heterocycles. The monoisotopic (exact) mass is 246 g/mol. The minimum Gasteiger partial charge on any atom is -0.371 e. The van der Waals surface area contributed by atoms with Crippen molar-refractivity contribution in [2.75, 3.05) is 39.8 Å². The number of benzene rings is 1. The molecule has 1 aromatic carbocycles. The molecular weight excluding hydrogens is 224 g/mol. The lowest BCUT2D eigenvalue weighted by Crippen LogP contribution is -2.33. The first-order valence-electron chi connectivity index (χ1n) is 6.93. The molecule has 18 heavy (non-hydrogen) atoms. The summed E-state index contributed by atoms with van der Waals surface area (Å²) in [5, 5.41) is 3.38. The van der Waals surface area contributed by atoms with Gasteiger partial charge in [-0.25, -0.2) is 0 Å². The smallest absolute Gasteiger partial charge is 0.0949 e. The number of likely N-dealkylation sites (N-methyl/N-ethyl adjacent to an activating group) is 1. The molecule has 2 aliphatic heterocycles. The van der Waals surface area contributed by atoms with Crippen molar-refractivity contribution in [2.45, 2.75) is 18.4 Å². The van der Waals surface area contributed by atoms with Crippen LogP contribution in [0.2, 0.25) is 0 Å². The third-order valence-electron chi connectivity index (χ3n) is 4.10. The highest BCUT2D eigenvalue weighted by Crippen LogP contribution is 2.28. The van der Waals surface area contributed by atoms with Gasteiger partial charge in [0.15, 0.2) is 0 Å². The van der Waals surface area contributed by atoms with E-state index >= 15 is 0 Å². The molecule has 0 radical (unpaired) electrons. The summed E-state index contributed by atoms with van der Waals surface area (Å²) in [5.74, 6) is 0.717. The van der Waals surface area contributed by atoms with Crippen LogP contribution in [0.5, 0.6) is 0 Å². The van der Waals surface area contributed by atoms with Gasteiger partial charge in [-0.05, 0) is 37.1 Å². The van der Waals surface area contributed by atoms with Crippen LogP contribution in [0.4, 0.5) is 0 Å². The van der Waals surface area contributed by atoms with E-state index in [1.807, 2.05) is 0 Å². The molecule has 0 saturated carbocycles. The Balaban J connectivity index is 1.68. The van der Waals surface area contributed by atoms with Gasteiger partial charge in [0.2, 0.25) is 0 Å². The van der Waals surface area contributed by atoms with Gasteiger partial charge in [-0.2, -0.15) is 0 Å². The van der Waals surface area contributed by atoms with E-state index < -0.39 is 0 Å². The first-order valence-corrected chi connectivity index (χ1v) is 6.93. The van der Waals surface area contributed by atoms with Gasteiger partial charge < -0.3 is 15.0 Å². The van der Waals surface area contributed by atoms with Crippen molar-refractivity contribution in [3.63, 3.8) is 0 Å². The number of morpholine rings is 1. The molecule has 0 spiro atoms. The van der Waals surface area contributed by atoms with E-state index in [1.54, 1.807) is 0 Å². The van der Waals surface area contributed by atoms with E-state index in [2.05, 4.69) is 41.5 Å². The third kappa shape index (κ3) is 2.58. The molecule has 0 bridgehead atoms. The SMILES string of the molecule is CN1CCC(c2ccc(C3CNCCO3)cc2)C1. The van der Waals surface area contributed by atoms with Gasteiger partial charge in [0.1, 0.15) is 0 Å². The van der Waals surface area contributed by atoms with Crippen LogP contribution in [0.1, 0.15) is 29.6 Å². The van der Waals surface area contributed by atoms with Crippen LogP contribution >= 0.6 is 0 Å². The number of hydrogen-bond donors (Lipinski definition) is 1. The van der Waals surface area contributed by atoms with Crippen LogP contribution in [0, 0.1) is 0 Å². The standard InChI is InChI=1S/C15H22N2O/c1-17-8-6-14(11-17)12-2-4-13(5-3-12)15-10-16-7-9-18-15/h2-5,14-16H,6-11H2,1H3. The molecule has 3 heteroatoms. The Morgan fingerprint density at radius 1 is 1.22 bits per heavy atom. The second-order valence-corrected chi connectivity index (χ2v) is 5.48. The molecule has 2 atom stereocenters. The largest absolute Gasteiger partial charge is 0.371 e. The van der Waals surface area contributed by atoms with E-state index in [-0.39, 0.29) is 6.10 Å². The van der Waals surface area contributed by atoms with Crippen molar-refractivity contribution >= 4 is 0 Å². The summed E-state index contributed by atoms with van der Waals surface area (Å²) in [6.07, 6.45) is 1.52. The van der Waals surface area contributed by atoms with Crippen molar-refractivity contribution in [1.29, 1.82) is 0 Å². The molecule has 0 aliphatic carbocycles. The molecule has 98 valence electrons. The van der Waals surface area contributed by atoms with Crippen molar-refractivity contribution < 1.29 is 4.74 Å². The van der Waals surface area contributed by atoms with Gasteiger partial charge in [0.05, 0.1) is 12.7 Å². The van der Waals surface area contributed by atoms with Crippen molar-refractivity contribution in [2.24, 2.45) is 0 Å². The Morgan fingerprint density at radius 3 is 2.61 bits per heavy atom. The van der Waals surface area contributed by atoms with Gasteiger partial charge in [-0.1, -0.05) is 24.3 Å². The minimum atomic E-state index is 0.235. The van der Waals surface area contributed by atoms with Gasteiger partial charge in [-0.15, -0.1) is 0 Å². The summed E-state index contributed by atoms with van der Waals surface area (Å²) in [4.78, 5) is 2.41. The fourth-order valence-corrected chi connectivity index (χ4v) is 2.97. The summed E-state index contributed by atoms with van der Waals surface area (Å²) in [6.45, 7) is 5.15. The highest BCUT2D eigenvalue weighted by atomic mass is 16.5. The summed E-state index contributed by atoms with van der Waals surface area (Å²) in [6, 6.07) is 9.06. The zero-order valence-electron chi connectivity index (χ0n) is 11.1. The van der Waals surface area contributed by atoms with Crippen molar-refractivity contribution in [3.05, 3.63) is 35.4 Å². The van der Waals surface area contributed by atoms with Gasteiger partial charge in [-0.3, -0.25) is 0 Å². The third-order valence-corrected chi connectivity index (χ3v) is 4.10. The van der Waals surface area contributed by atoms with E-state index in [0.29, 0.717) is 0 Å². The highest BCUT2D eigenvalue weighted by Gasteiger charge is 2.21. The molecule has 1 aromatic rings. The second-order valence-electron chi connectivity index (χ2n) is 5.48. The van der Waals surface area contributed by atoms with Crippen molar-refractivity contribution in [3.8, 4) is 0 Å². The predicted octanol–water partition coefficient (Wildman–Crippen LogP) is 1.77. The van der Waals surface area contributed by atoms with E-state index in [1.165, 1.54) is 30.6 Å². The first kappa shape index (κ1) is 12.2. The van der Waals surface area contributed by atoms with E-state index in [0.717, 1.165) is 25.6 Å². The Bertz CT molecular complexity index is 360. The first-order chi connectivity index (χ1) is 8.83. The maximum atomic E-state index is 5.78. The summed E-state index contributed by atoms with van der Waals surface area (Å²) in [5.41, 5.74) is 2.78. The number of rotatable bonds is 2. The molecule has 2 fully saturated rings. The average Bonchev–Trinajstić information content (AvgIpc) is 2.87. The fourth-order valence-electron chi connectivity index (χ4n) is 2.97. The molecule has 1 N–H and O–H groups in total. The normalized spacial score (nSPS) is 29.6. The summed E-state index contributed by atoms with van der Waals surface area (Å²) < 4.78 is 5.78. The molecule has 3 rings (SSSR count). The number of ether oxygens (including phenoxy) is 1. The zero-order chi connectivity index (χ0) is 12.4. The molecule has 2 saturated heterocycles. The molecule has 2 aliphatic rings. The molecule has 0 amide bonds. The zero-order valence-corrected chi connectivity index (χ0v) is 11.1. The lowest BCUT2D eigenvalue weighted by Gasteiger charge is -2.24. The topological polar surface area (TPSA) is 24.5 Å². The lowest BCUT2D eigenvalue weighted by molar-refractivity contribution is 0.0277. The quantitative estimate of drug-likeness (QED) is 0.860. The van der Waals surface area contributed by atoms with Crippen LogP contribution < -0.4 is 5.32 Å². The van der Waals surface area contributed by atoms with E-state index in [9.17, 15) is 0 Å². The van der Waals surface area contributed by atoms with Crippen LogP contribution in [0.15, 0.2) is 24.3 Å². The number of likely N-dealkylation sites (tertiary alicyclic amines) is 1. The average molecular weight is 246 g/mol. The van der Waals surface area contributed by atoms with Gasteiger partial charge >= 0.3 is 0 Å². The fraction of sp³-hybridized carbons (Fsp3) is 0.600. The van der Waals surface area contributed by atoms with Crippen LogP contribution in [-0.2, 0) is 4.74 Å². The van der Waals surface area contributed by atoms with E-state index in [4.69, 9.17) is 4.74 Å². The second kappa shape index (κ2) is 5.39. The number of nitrogens with zero attached hydrogens (tertiary/aromatic N) is 1. The Morgan fingerprint density at radius 2 is 2.00 bits per heavy atom. The van der Waals surface area contributed by atoms with Crippen LogP contribution in [0.3, 0.4) is 0 Å². The number of hydrogen-bond acceptors (Lipinski definition) is 3. The van der Waals surface area contributed by atoms with Crippen LogP contribution in [0.25, 0.3) is 0 Å². The van der Waals surface area contributed by atoms with Gasteiger partial charge in [0, 0.05) is 19.6 Å². The van der Waals surface area contributed by atoms with Crippen molar-refractivity contribution in [1.82, 2.24) is 10.2 Å². The lowest BCUT2D eigenvalue weighted by atomic mass is 9.96. The Kier molecular flexibility index (Phi) is 3.64. The maximum Gasteiger partial charge on any atom is 0.0949 e. The molecule has 3 nitrogen and oxygen atoms in total. The Hall–Kier alpha value is -0.900. The molecule has 2 unspecified atom stereocenters. The molecule has 2 heterocycles. The summed E-state index contributed by atoms with van der Waals surface area (Å²) >= 11 is 0. The summed E-state index contributed by atoms with van der Waals surface area (Å²) in [7, 11) is 2.20.